The lowest BCUT2D eigenvalue weighted by Gasteiger charge is -2.40. The Bertz CT molecular complexity index is 2820. The summed E-state index contributed by atoms with van der Waals surface area (Å²) in [5.74, 6) is 3.14. The van der Waals surface area contributed by atoms with Gasteiger partial charge < -0.3 is 15.8 Å². The van der Waals surface area contributed by atoms with Crippen molar-refractivity contribution >= 4 is 28.1 Å². The molecule has 0 aromatic heterocycles. The Balaban J connectivity index is 1.11. The van der Waals surface area contributed by atoms with Crippen LogP contribution in [-0.2, 0) is 5.41 Å². The molecule has 5 nitrogen and oxygen atoms in total. The molecule has 1 aliphatic carbocycles. The van der Waals surface area contributed by atoms with Crippen LogP contribution in [0, 0.1) is 0 Å². The van der Waals surface area contributed by atoms with Crippen LogP contribution >= 0.6 is 0 Å². The quantitative estimate of drug-likeness (QED) is 0.179. The monoisotopic (exact) mass is 706 g/mol. The van der Waals surface area contributed by atoms with Crippen molar-refractivity contribution in [2.75, 3.05) is 5.73 Å². The van der Waals surface area contributed by atoms with Crippen LogP contribution in [0.5, 0.6) is 11.5 Å². The molecule has 1 spiro atoms. The molecular formula is C50H34N4O. The molecule has 0 saturated heterocycles. The number of amidine groups is 2. The number of aliphatic imine (C=N–C) groups is 2. The molecule has 0 fully saturated rings. The predicted octanol–water partition coefficient (Wildman–Crippen LogP) is 11.1. The Hall–Kier alpha value is -7.24. The topological polar surface area (TPSA) is 72.0 Å². The Kier molecular flexibility index (Phi) is 6.92. The Morgan fingerprint density at radius 3 is 1.82 bits per heavy atom. The summed E-state index contributed by atoms with van der Waals surface area (Å²) in [5.41, 5.74) is 19.1. The van der Waals surface area contributed by atoms with Crippen LogP contribution in [0.1, 0.15) is 45.1 Å². The molecule has 55 heavy (non-hydrogen) atoms. The maximum absolute atomic E-state index is 6.71. The number of para-hydroxylation sites is 2. The number of anilines is 1. The average molecular weight is 707 g/mol. The summed E-state index contributed by atoms with van der Waals surface area (Å²) in [4.78, 5) is 10.2. The third-order valence-electron chi connectivity index (χ3n) is 11.4. The summed E-state index contributed by atoms with van der Waals surface area (Å²) < 4.78 is 6.62. The van der Waals surface area contributed by atoms with E-state index < -0.39 is 11.6 Å². The number of nitrogens with one attached hydrogen (secondary N) is 1. The van der Waals surface area contributed by atoms with Crippen LogP contribution in [-0.4, -0.2) is 11.7 Å². The summed E-state index contributed by atoms with van der Waals surface area (Å²) in [6, 6.07) is 63.9. The van der Waals surface area contributed by atoms with E-state index in [0.717, 1.165) is 62.1 Å². The van der Waals surface area contributed by atoms with Crippen molar-refractivity contribution in [3.05, 3.63) is 221 Å². The number of ether oxygens (including phenoxy) is 1. The molecule has 0 amide bonds. The van der Waals surface area contributed by atoms with Gasteiger partial charge in [-0.15, -0.1) is 0 Å². The van der Waals surface area contributed by atoms with E-state index in [1.807, 2.05) is 54.6 Å². The molecule has 1 unspecified atom stereocenters. The SMILES string of the molecule is Nc1cccc2c1Oc1ccccc1C21c2ccccc2-c2c1cc(-c1ccc(C3N=C(c4ccccc4)NC(c4ccccc4)=N3)cc1)c1ccccc21. The van der Waals surface area contributed by atoms with Gasteiger partial charge in [0, 0.05) is 22.3 Å². The number of hydrogen-bond donors (Lipinski definition) is 2. The zero-order valence-electron chi connectivity index (χ0n) is 29.8. The number of nitrogens with zero attached hydrogens (tertiary/aromatic N) is 2. The lowest BCUT2D eigenvalue weighted by molar-refractivity contribution is 0.438. The van der Waals surface area contributed by atoms with Crippen LogP contribution in [0.25, 0.3) is 33.0 Å². The normalized spacial score (nSPS) is 16.6. The second-order valence-corrected chi connectivity index (χ2v) is 14.3. The molecule has 2 heterocycles. The zero-order chi connectivity index (χ0) is 36.5. The van der Waals surface area contributed by atoms with E-state index in [-0.39, 0.29) is 0 Å². The molecule has 3 aliphatic rings. The first kappa shape index (κ1) is 31.3. The maximum atomic E-state index is 6.71. The summed E-state index contributed by atoms with van der Waals surface area (Å²) in [6.45, 7) is 0. The van der Waals surface area contributed by atoms with Gasteiger partial charge in [-0.05, 0) is 67.9 Å². The van der Waals surface area contributed by atoms with E-state index >= 15 is 0 Å². The minimum absolute atomic E-state index is 0.407. The molecule has 3 N–H and O–H groups in total. The molecule has 8 aromatic carbocycles. The fourth-order valence-corrected chi connectivity index (χ4v) is 8.96. The molecule has 0 radical (unpaired) electrons. The number of nitrogen functional groups attached to an aromatic ring is 1. The predicted molar refractivity (Wildman–Crippen MR) is 223 cm³/mol. The van der Waals surface area contributed by atoms with Gasteiger partial charge in [0.15, 0.2) is 11.9 Å². The van der Waals surface area contributed by atoms with Gasteiger partial charge in [0.1, 0.15) is 17.4 Å². The number of nitrogens with two attached hydrogens (primary N) is 1. The molecule has 0 saturated carbocycles. The largest absolute Gasteiger partial charge is 0.455 e. The van der Waals surface area contributed by atoms with Crippen LogP contribution in [0.3, 0.4) is 0 Å². The van der Waals surface area contributed by atoms with E-state index in [9.17, 15) is 0 Å². The van der Waals surface area contributed by atoms with Crippen LogP contribution in [0.4, 0.5) is 5.69 Å². The van der Waals surface area contributed by atoms with Crippen LogP contribution < -0.4 is 15.8 Å². The Labute approximate surface area is 319 Å². The summed E-state index contributed by atoms with van der Waals surface area (Å²) in [6.07, 6.45) is -0.407. The minimum atomic E-state index is -0.635. The van der Waals surface area contributed by atoms with Gasteiger partial charge >= 0.3 is 0 Å². The second-order valence-electron chi connectivity index (χ2n) is 14.3. The summed E-state index contributed by atoms with van der Waals surface area (Å²) in [5, 5.41) is 5.92. The van der Waals surface area contributed by atoms with E-state index in [0.29, 0.717) is 5.69 Å². The third kappa shape index (κ3) is 4.66. The van der Waals surface area contributed by atoms with Crippen molar-refractivity contribution in [3.63, 3.8) is 0 Å². The van der Waals surface area contributed by atoms with Gasteiger partial charge in [-0.3, -0.25) is 0 Å². The van der Waals surface area contributed by atoms with Crippen molar-refractivity contribution in [2.24, 2.45) is 9.98 Å². The molecular weight excluding hydrogens is 673 g/mol. The van der Waals surface area contributed by atoms with Gasteiger partial charge in [-0.2, -0.15) is 0 Å². The third-order valence-corrected chi connectivity index (χ3v) is 11.4. The fourth-order valence-electron chi connectivity index (χ4n) is 8.96. The number of fused-ring (bicyclic) bond motifs is 11. The molecule has 1 atom stereocenters. The maximum Gasteiger partial charge on any atom is 0.169 e. The minimum Gasteiger partial charge on any atom is -0.455 e. The smallest absolute Gasteiger partial charge is 0.169 e. The van der Waals surface area contributed by atoms with Crippen LogP contribution in [0.15, 0.2) is 192 Å². The van der Waals surface area contributed by atoms with E-state index in [4.69, 9.17) is 20.5 Å². The molecule has 8 aromatic rings. The molecule has 11 rings (SSSR count). The van der Waals surface area contributed by atoms with Gasteiger partial charge in [0.25, 0.3) is 0 Å². The van der Waals surface area contributed by atoms with E-state index in [2.05, 4.69) is 133 Å². The highest BCUT2D eigenvalue weighted by molar-refractivity contribution is 6.16. The van der Waals surface area contributed by atoms with Gasteiger partial charge in [0.2, 0.25) is 0 Å². The zero-order valence-corrected chi connectivity index (χ0v) is 29.8. The summed E-state index contributed by atoms with van der Waals surface area (Å²) in [7, 11) is 0. The number of benzene rings is 8. The first-order valence-electron chi connectivity index (χ1n) is 18.6. The van der Waals surface area contributed by atoms with Crippen molar-refractivity contribution in [2.45, 2.75) is 11.6 Å². The Morgan fingerprint density at radius 2 is 1.09 bits per heavy atom. The van der Waals surface area contributed by atoms with Gasteiger partial charge in [-0.1, -0.05) is 164 Å². The number of hydrogen-bond acceptors (Lipinski definition) is 5. The fraction of sp³-hybridized carbons (Fsp3) is 0.0400. The highest BCUT2D eigenvalue weighted by Gasteiger charge is 2.52. The van der Waals surface area contributed by atoms with Crippen LogP contribution in [0.2, 0.25) is 0 Å². The highest BCUT2D eigenvalue weighted by Crippen LogP contribution is 2.64. The lowest BCUT2D eigenvalue weighted by atomic mass is 9.65. The van der Waals surface area contributed by atoms with Crippen molar-refractivity contribution in [1.82, 2.24) is 5.32 Å². The molecule has 260 valence electrons. The average Bonchev–Trinajstić information content (AvgIpc) is 3.55. The standard InChI is InChI=1S/C50H34N4O/c51-43-24-13-23-41-46(43)55-44-25-12-11-22-40(44)50(41)39-21-10-9-20-37(39)45-36-19-8-7-18-35(36)38(30-42(45)50)31-26-28-34(29-27-31)49-53-47(32-14-3-1-4-15-32)52-48(54-49)33-16-5-2-6-17-33/h1-30,49H,51H2,(H,52,53,54). The molecule has 2 aliphatic heterocycles. The van der Waals surface area contributed by atoms with E-state index in [1.54, 1.807) is 0 Å². The van der Waals surface area contributed by atoms with Gasteiger partial charge in [0.05, 0.1) is 11.1 Å². The molecule has 0 bridgehead atoms. The lowest BCUT2D eigenvalue weighted by Crippen LogP contribution is -2.35. The second kappa shape index (κ2) is 12.2. The van der Waals surface area contributed by atoms with E-state index in [1.165, 1.54) is 33.0 Å². The first-order valence-corrected chi connectivity index (χ1v) is 18.6. The van der Waals surface area contributed by atoms with Crippen molar-refractivity contribution < 1.29 is 4.74 Å². The van der Waals surface area contributed by atoms with Crippen molar-refractivity contribution in [1.29, 1.82) is 0 Å². The summed E-state index contributed by atoms with van der Waals surface area (Å²) >= 11 is 0. The van der Waals surface area contributed by atoms with Crippen molar-refractivity contribution in [3.8, 4) is 33.8 Å². The highest BCUT2D eigenvalue weighted by atomic mass is 16.5. The first-order chi connectivity index (χ1) is 27.2. The van der Waals surface area contributed by atoms with Gasteiger partial charge in [-0.25, -0.2) is 9.98 Å². The number of rotatable bonds is 4. The Morgan fingerprint density at radius 1 is 0.491 bits per heavy atom. The molecule has 5 heteroatoms.